The molecule has 4 aromatic rings. The summed E-state index contributed by atoms with van der Waals surface area (Å²) in [7, 11) is 0. The smallest absolute Gasteiger partial charge is 0.289 e. The van der Waals surface area contributed by atoms with Crippen molar-refractivity contribution < 1.29 is 37.3 Å². The molecule has 3 fully saturated rings. The third-order valence-corrected chi connectivity index (χ3v) is 11.4. The van der Waals surface area contributed by atoms with Crippen LogP contribution in [0.3, 0.4) is 0 Å². The molecule has 0 radical (unpaired) electrons. The van der Waals surface area contributed by atoms with Crippen LogP contribution in [0.25, 0.3) is 11.1 Å². The number of ether oxygens (including phenoxy) is 4. The first kappa shape index (κ1) is 47.0. The number of carbonyl (C=O) groups excluding carboxylic acids is 2. The maximum atomic E-state index is 13.8. The lowest BCUT2D eigenvalue weighted by molar-refractivity contribution is -0.114. The number of nitrogens with one attached hydrogen (secondary N) is 2. The maximum Gasteiger partial charge on any atom is 0.289 e. The molecule has 0 aromatic heterocycles. The van der Waals surface area contributed by atoms with E-state index in [1.807, 2.05) is 44.2 Å². The molecule has 4 heterocycles. The van der Waals surface area contributed by atoms with Crippen LogP contribution < -0.4 is 30.0 Å². The zero-order valence-corrected chi connectivity index (χ0v) is 36.8. The molecule has 0 unspecified atom stereocenters. The first-order valence-corrected chi connectivity index (χ1v) is 22.7. The number of primary amides is 1. The summed E-state index contributed by atoms with van der Waals surface area (Å²) in [6.07, 6.45) is 12.8. The fourth-order valence-corrected chi connectivity index (χ4v) is 8.03. The number of fused-ring (bicyclic) bond motifs is 2. The Bertz CT molecular complexity index is 2050. The van der Waals surface area contributed by atoms with Gasteiger partial charge in [-0.15, -0.1) is 0 Å². The van der Waals surface area contributed by atoms with E-state index in [-0.39, 0.29) is 28.7 Å². The molecule has 1 amide bonds. The number of Topliss-reactive ketones (excluding diaryl/α,β-unsaturated/α-hetero) is 1. The molecule has 4 aliphatic heterocycles. The number of benzene rings is 4. The van der Waals surface area contributed by atoms with Crippen LogP contribution in [0, 0.1) is 17.0 Å². The Morgan fingerprint density at radius 3 is 1.63 bits per heavy atom. The van der Waals surface area contributed by atoms with Crippen molar-refractivity contribution >= 4 is 23.6 Å². The van der Waals surface area contributed by atoms with E-state index in [9.17, 15) is 18.4 Å². The lowest BCUT2D eigenvalue weighted by Crippen LogP contribution is -2.22. The number of likely N-dealkylation sites (tertiary alicyclic amines) is 2. The number of hydrogen-bond acceptors (Lipinski definition) is 10. The molecule has 338 valence electrons. The zero-order chi connectivity index (χ0) is 44.6. The molecule has 1 aliphatic carbocycles. The van der Waals surface area contributed by atoms with Crippen molar-refractivity contribution in [2.24, 2.45) is 5.73 Å². The lowest BCUT2D eigenvalue weighted by Gasteiger charge is -2.20. The monoisotopic (exact) mass is 867 g/mol. The van der Waals surface area contributed by atoms with Crippen molar-refractivity contribution in [2.45, 2.75) is 84.1 Å². The number of ketones is 1. The molecule has 9 rings (SSSR count). The average Bonchev–Trinajstić information content (AvgIpc) is 3.69. The fourth-order valence-electron chi connectivity index (χ4n) is 8.03. The number of rotatable bonds is 14. The van der Waals surface area contributed by atoms with E-state index in [0.29, 0.717) is 44.0 Å². The number of nitrogens with two attached hydrogens (primary N) is 1. The van der Waals surface area contributed by atoms with Crippen molar-refractivity contribution in [3.8, 4) is 34.1 Å². The van der Waals surface area contributed by atoms with Crippen molar-refractivity contribution in [1.29, 1.82) is 5.41 Å². The molecule has 0 spiro atoms. The van der Waals surface area contributed by atoms with Gasteiger partial charge < -0.3 is 45.2 Å². The van der Waals surface area contributed by atoms with Crippen molar-refractivity contribution in [3.63, 3.8) is 0 Å². The number of anilines is 1. The van der Waals surface area contributed by atoms with Gasteiger partial charge in [-0.2, -0.15) is 0 Å². The van der Waals surface area contributed by atoms with Gasteiger partial charge in [-0.25, -0.2) is 8.78 Å². The van der Waals surface area contributed by atoms with Gasteiger partial charge in [0, 0.05) is 29.1 Å². The highest BCUT2D eigenvalue weighted by atomic mass is 19.1. The summed E-state index contributed by atoms with van der Waals surface area (Å²) < 4.78 is 49.2. The molecular formula is C50H63F2N5O6. The van der Waals surface area contributed by atoms with Crippen molar-refractivity contribution in [2.75, 3.05) is 71.0 Å². The van der Waals surface area contributed by atoms with Crippen LogP contribution >= 0.6 is 0 Å². The second-order valence-corrected chi connectivity index (χ2v) is 16.1. The largest absolute Gasteiger partial charge is 0.486 e. The normalized spacial score (nSPS) is 16.3. The minimum Gasteiger partial charge on any atom is -0.486 e. The predicted octanol–water partition coefficient (Wildman–Crippen LogP) is 8.87. The van der Waals surface area contributed by atoms with Crippen LogP contribution in [0.1, 0.15) is 92.3 Å². The number of halogens is 2. The Labute approximate surface area is 370 Å². The Kier molecular flexibility index (Phi) is 17.7. The van der Waals surface area contributed by atoms with E-state index in [0.717, 1.165) is 85.1 Å². The second-order valence-electron chi connectivity index (χ2n) is 16.1. The SMILES string of the molecule is CC.Fc1cc(CCCN2CCCC2)cc2c1OCCO2.Fc1cc(CCCN2CCCC2)cc2c1OCCO2.N=Cc1ccc(-c2ccc(C(=O)C(N)=O)cc2)cc1NC1CC1. The van der Waals surface area contributed by atoms with E-state index in [4.69, 9.17) is 30.1 Å². The van der Waals surface area contributed by atoms with E-state index in [1.54, 1.807) is 36.4 Å². The predicted molar refractivity (Wildman–Crippen MR) is 244 cm³/mol. The molecule has 63 heavy (non-hydrogen) atoms. The fraction of sp³-hybridized carbons (Fsp3) is 0.460. The number of aryl methyl sites for hydroxylation is 2. The summed E-state index contributed by atoms with van der Waals surface area (Å²) in [5.74, 6) is -0.577. The molecule has 2 saturated heterocycles. The van der Waals surface area contributed by atoms with Gasteiger partial charge in [0.2, 0.25) is 5.78 Å². The van der Waals surface area contributed by atoms with E-state index in [2.05, 4.69) is 15.1 Å². The number of nitrogens with zero attached hydrogens (tertiary/aromatic N) is 2. The van der Waals surface area contributed by atoms with Crippen LogP contribution in [0.4, 0.5) is 14.5 Å². The van der Waals surface area contributed by atoms with Gasteiger partial charge in [-0.3, -0.25) is 9.59 Å². The highest BCUT2D eigenvalue weighted by Crippen LogP contribution is 2.36. The quantitative estimate of drug-likeness (QED) is 0.0645. The van der Waals surface area contributed by atoms with Gasteiger partial charge in [0.15, 0.2) is 34.6 Å². The summed E-state index contributed by atoms with van der Waals surface area (Å²) in [4.78, 5) is 27.4. The Hall–Kier alpha value is -5.53. The molecule has 0 bridgehead atoms. The van der Waals surface area contributed by atoms with Gasteiger partial charge >= 0.3 is 0 Å². The molecule has 11 nitrogen and oxygen atoms in total. The summed E-state index contributed by atoms with van der Waals surface area (Å²) >= 11 is 0. The number of carbonyl (C=O) groups is 2. The second kappa shape index (κ2) is 23.8. The first-order chi connectivity index (χ1) is 30.7. The summed E-state index contributed by atoms with van der Waals surface area (Å²) in [5, 5.41) is 10.9. The Morgan fingerprint density at radius 2 is 1.17 bits per heavy atom. The van der Waals surface area contributed by atoms with Crippen LogP contribution in [0.2, 0.25) is 0 Å². The highest BCUT2D eigenvalue weighted by molar-refractivity contribution is 6.42. The van der Waals surface area contributed by atoms with Gasteiger partial charge in [0.05, 0.1) is 0 Å². The minimum absolute atomic E-state index is 0.273. The number of hydrogen-bond donors (Lipinski definition) is 3. The van der Waals surface area contributed by atoms with Crippen LogP contribution in [0.5, 0.6) is 23.0 Å². The van der Waals surface area contributed by atoms with Gasteiger partial charge in [0.1, 0.15) is 26.4 Å². The summed E-state index contributed by atoms with van der Waals surface area (Å²) in [5.41, 5.74) is 11.0. The molecule has 5 aliphatic rings. The third-order valence-electron chi connectivity index (χ3n) is 11.4. The standard InChI is InChI=1S/C18H17N3O2.2C15H20FNO2.C2H6/c19-10-14-6-5-13(9-16(14)21-15-7-8-15)11-1-3-12(4-2-11)17(22)18(20)23;2*16-13-10-12(4-3-7-17-5-1-2-6-17)11-14-15(13)19-9-8-18-14;1-2/h1-6,9-10,15,19,21H,7-8H2,(H2,20,23);2*10-11H,1-9H2;1-2H3. The molecule has 4 N–H and O–H groups in total. The molecule has 0 atom stereocenters. The van der Waals surface area contributed by atoms with Crippen molar-refractivity contribution in [1.82, 2.24) is 9.80 Å². The molecule has 1 saturated carbocycles. The van der Waals surface area contributed by atoms with Crippen molar-refractivity contribution in [3.05, 3.63) is 101 Å². The third kappa shape index (κ3) is 13.7. The molecule has 4 aromatic carbocycles. The molecular weight excluding hydrogens is 805 g/mol. The first-order valence-electron chi connectivity index (χ1n) is 22.7. The van der Waals surface area contributed by atoms with Gasteiger partial charge in [-0.05, 0) is 156 Å². The zero-order valence-electron chi connectivity index (χ0n) is 36.8. The summed E-state index contributed by atoms with van der Waals surface area (Å²) in [6.45, 7) is 13.0. The summed E-state index contributed by atoms with van der Waals surface area (Å²) in [6, 6.07) is 20.1. The lowest BCUT2D eigenvalue weighted by atomic mass is 10.00. The van der Waals surface area contributed by atoms with E-state index >= 15 is 0 Å². The van der Waals surface area contributed by atoms with Gasteiger partial charge in [0.25, 0.3) is 5.91 Å². The Balaban J connectivity index is 0.000000155. The van der Waals surface area contributed by atoms with Crippen LogP contribution in [-0.4, -0.2) is 99.4 Å². The average molecular weight is 868 g/mol. The number of amides is 1. The van der Waals surface area contributed by atoms with E-state index < -0.39 is 11.7 Å². The maximum absolute atomic E-state index is 13.8. The van der Waals surface area contributed by atoms with E-state index in [1.165, 1.54) is 58.1 Å². The minimum atomic E-state index is -0.955. The van der Waals surface area contributed by atoms with Crippen LogP contribution in [0.15, 0.2) is 66.7 Å². The van der Waals surface area contributed by atoms with Gasteiger partial charge in [-0.1, -0.05) is 50.2 Å². The Morgan fingerprint density at radius 1 is 0.698 bits per heavy atom. The molecule has 13 heteroatoms. The van der Waals surface area contributed by atoms with Crippen LogP contribution in [-0.2, 0) is 17.6 Å². The highest BCUT2D eigenvalue weighted by Gasteiger charge is 2.23. The topological polar surface area (TPSA) is 139 Å².